The maximum absolute atomic E-state index is 12.1. The Kier molecular flexibility index (Phi) is 4.43. The number of carbonyl (C=O) groups excluding carboxylic acids is 1. The van der Waals surface area contributed by atoms with E-state index in [1.165, 1.54) is 19.3 Å². The Bertz CT molecular complexity index is 494. The molecule has 1 aliphatic carbocycles. The summed E-state index contributed by atoms with van der Waals surface area (Å²) in [6.07, 6.45) is 8.77. The molecule has 4 heteroatoms. The molecular weight excluding hydrogens is 262 g/mol. The highest BCUT2D eigenvalue weighted by molar-refractivity contribution is 5.83. The minimum atomic E-state index is 0.289. The Balaban J connectivity index is 1.70. The van der Waals surface area contributed by atoms with Crippen molar-refractivity contribution in [3.8, 4) is 0 Å². The monoisotopic (exact) mass is 289 g/mol. The molecule has 2 heterocycles. The van der Waals surface area contributed by atoms with Gasteiger partial charge in [-0.05, 0) is 52.1 Å². The molecular formula is C17H27N3O. The normalized spacial score (nSPS) is 27.7. The van der Waals surface area contributed by atoms with Crippen LogP contribution in [0.25, 0.3) is 0 Å². The second kappa shape index (κ2) is 6.30. The third kappa shape index (κ3) is 3.20. The number of hydrogen-bond acceptors (Lipinski definition) is 3. The number of Topliss-reactive ketones (excluding diaryl/α,β-unsaturated/α-hetero) is 1. The van der Waals surface area contributed by atoms with Crippen LogP contribution in [0.5, 0.6) is 0 Å². The highest BCUT2D eigenvalue weighted by atomic mass is 16.1. The number of piperidine rings is 1. The molecule has 0 amide bonds. The van der Waals surface area contributed by atoms with Gasteiger partial charge in [0, 0.05) is 37.2 Å². The van der Waals surface area contributed by atoms with Gasteiger partial charge in [-0.25, -0.2) is 0 Å². The minimum absolute atomic E-state index is 0.289. The fourth-order valence-corrected chi connectivity index (χ4v) is 3.88. The first-order valence-electron chi connectivity index (χ1n) is 8.46. The summed E-state index contributed by atoms with van der Waals surface area (Å²) < 4.78 is 2.02. The summed E-state index contributed by atoms with van der Waals surface area (Å²) >= 11 is 0. The molecule has 0 aromatic carbocycles. The summed E-state index contributed by atoms with van der Waals surface area (Å²) in [5, 5.41) is 4.67. The predicted molar refractivity (Wildman–Crippen MR) is 83.0 cm³/mol. The first-order chi connectivity index (χ1) is 10.1. The van der Waals surface area contributed by atoms with E-state index in [1.807, 2.05) is 4.68 Å². The molecule has 4 nitrogen and oxygen atoms in total. The third-order valence-corrected chi connectivity index (χ3v) is 5.04. The molecule has 0 bridgehead atoms. The average Bonchev–Trinajstić information content (AvgIpc) is 3.09. The van der Waals surface area contributed by atoms with Crippen LogP contribution >= 0.6 is 0 Å². The van der Waals surface area contributed by atoms with E-state index in [9.17, 15) is 4.79 Å². The first-order valence-corrected chi connectivity index (χ1v) is 8.46. The van der Waals surface area contributed by atoms with Gasteiger partial charge in [0.2, 0.25) is 0 Å². The molecule has 1 saturated heterocycles. The van der Waals surface area contributed by atoms with Gasteiger partial charge in [0.25, 0.3) is 0 Å². The molecule has 2 aliphatic rings. The number of carbonyl (C=O) groups is 1. The van der Waals surface area contributed by atoms with Crippen molar-refractivity contribution in [2.24, 2.45) is 5.92 Å². The van der Waals surface area contributed by atoms with E-state index in [0.29, 0.717) is 17.9 Å². The maximum Gasteiger partial charge on any atom is 0.137 e. The van der Waals surface area contributed by atoms with Crippen molar-refractivity contribution in [3.63, 3.8) is 0 Å². The Morgan fingerprint density at radius 2 is 2.14 bits per heavy atom. The number of likely N-dealkylation sites (tertiary alicyclic amines) is 1. The van der Waals surface area contributed by atoms with E-state index in [-0.39, 0.29) is 5.92 Å². The van der Waals surface area contributed by atoms with Crippen molar-refractivity contribution in [3.05, 3.63) is 18.0 Å². The van der Waals surface area contributed by atoms with Crippen LogP contribution in [-0.4, -0.2) is 33.1 Å². The van der Waals surface area contributed by atoms with Crippen molar-refractivity contribution in [2.75, 3.05) is 6.54 Å². The molecule has 1 saturated carbocycles. The topological polar surface area (TPSA) is 38.1 Å². The Labute approximate surface area is 127 Å². The molecule has 0 radical (unpaired) electrons. The summed E-state index contributed by atoms with van der Waals surface area (Å²) in [6, 6.07) is 2.99. The van der Waals surface area contributed by atoms with Gasteiger partial charge in [-0.1, -0.05) is 6.42 Å². The van der Waals surface area contributed by atoms with Crippen molar-refractivity contribution >= 4 is 5.78 Å². The lowest BCUT2D eigenvalue weighted by Gasteiger charge is -2.38. The number of rotatable bonds is 4. The van der Waals surface area contributed by atoms with Crippen molar-refractivity contribution in [2.45, 2.75) is 71.0 Å². The van der Waals surface area contributed by atoms with Gasteiger partial charge in [0.05, 0.1) is 5.69 Å². The first kappa shape index (κ1) is 14.8. The number of hydrogen-bond donors (Lipinski definition) is 0. The van der Waals surface area contributed by atoms with E-state index in [1.54, 1.807) is 0 Å². The number of nitrogens with zero attached hydrogens (tertiary/aromatic N) is 3. The number of aromatic nitrogens is 2. The molecule has 1 aliphatic heterocycles. The van der Waals surface area contributed by atoms with Crippen LogP contribution in [0.2, 0.25) is 0 Å². The van der Waals surface area contributed by atoms with Crippen LogP contribution < -0.4 is 0 Å². The molecule has 0 spiro atoms. The highest BCUT2D eigenvalue weighted by Gasteiger charge is 2.36. The molecule has 21 heavy (non-hydrogen) atoms. The average molecular weight is 289 g/mol. The zero-order valence-electron chi connectivity index (χ0n) is 13.3. The molecule has 1 aromatic heterocycles. The van der Waals surface area contributed by atoms with Crippen LogP contribution in [0.1, 0.15) is 64.1 Å². The number of ketones is 1. The second-order valence-electron chi connectivity index (χ2n) is 6.88. The lowest BCUT2D eigenvalue weighted by atomic mass is 9.88. The largest absolute Gasteiger partial charge is 0.299 e. The summed E-state index contributed by atoms with van der Waals surface area (Å²) in [5.74, 6) is 0.789. The van der Waals surface area contributed by atoms with Gasteiger partial charge in [-0.3, -0.25) is 14.4 Å². The molecule has 1 aromatic rings. The fraction of sp³-hybridized carbons (Fsp3) is 0.765. The minimum Gasteiger partial charge on any atom is -0.299 e. The van der Waals surface area contributed by atoms with E-state index in [4.69, 9.17) is 0 Å². The maximum atomic E-state index is 12.1. The van der Waals surface area contributed by atoms with Gasteiger partial charge < -0.3 is 0 Å². The SMILES string of the molecule is CC(C)n1ccc(CN2CCCCC2C2CCCC2=O)n1. The molecule has 0 N–H and O–H groups in total. The van der Waals surface area contributed by atoms with E-state index in [0.717, 1.165) is 38.0 Å². The van der Waals surface area contributed by atoms with Crippen LogP contribution in [0, 0.1) is 5.92 Å². The van der Waals surface area contributed by atoms with Gasteiger partial charge in [0.1, 0.15) is 5.78 Å². The lowest BCUT2D eigenvalue weighted by molar-refractivity contribution is -0.123. The Hall–Kier alpha value is -1.16. The van der Waals surface area contributed by atoms with Gasteiger partial charge >= 0.3 is 0 Å². The van der Waals surface area contributed by atoms with Crippen molar-refractivity contribution in [1.29, 1.82) is 0 Å². The molecule has 116 valence electrons. The van der Waals surface area contributed by atoms with Gasteiger partial charge in [0.15, 0.2) is 0 Å². The standard InChI is InChI=1S/C17H27N3O/c1-13(2)20-11-9-14(18-20)12-19-10-4-3-7-16(19)15-6-5-8-17(15)21/h9,11,13,15-16H,3-8,10,12H2,1-2H3. The summed E-state index contributed by atoms with van der Waals surface area (Å²) in [4.78, 5) is 14.6. The Morgan fingerprint density at radius 3 is 2.81 bits per heavy atom. The van der Waals surface area contributed by atoms with Crippen LogP contribution in [0.15, 0.2) is 12.3 Å². The molecule has 2 atom stereocenters. The summed E-state index contributed by atoms with van der Waals surface area (Å²) in [5.41, 5.74) is 1.14. The van der Waals surface area contributed by atoms with Crippen molar-refractivity contribution in [1.82, 2.24) is 14.7 Å². The van der Waals surface area contributed by atoms with E-state index >= 15 is 0 Å². The van der Waals surface area contributed by atoms with Crippen LogP contribution in [-0.2, 0) is 11.3 Å². The summed E-state index contributed by atoms with van der Waals surface area (Å²) in [7, 11) is 0. The molecule has 2 fully saturated rings. The zero-order chi connectivity index (χ0) is 14.8. The molecule has 2 unspecified atom stereocenters. The van der Waals surface area contributed by atoms with Gasteiger partial charge in [-0.2, -0.15) is 5.10 Å². The van der Waals surface area contributed by atoms with Crippen LogP contribution in [0.4, 0.5) is 0 Å². The smallest absolute Gasteiger partial charge is 0.137 e. The third-order valence-electron chi connectivity index (χ3n) is 5.04. The highest BCUT2D eigenvalue weighted by Crippen LogP contribution is 2.33. The Morgan fingerprint density at radius 1 is 1.29 bits per heavy atom. The van der Waals surface area contributed by atoms with E-state index < -0.39 is 0 Å². The van der Waals surface area contributed by atoms with Crippen LogP contribution in [0.3, 0.4) is 0 Å². The quantitative estimate of drug-likeness (QED) is 0.854. The zero-order valence-corrected chi connectivity index (χ0v) is 13.3. The van der Waals surface area contributed by atoms with Crippen molar-refractivity contribution < 1.29 is 4.79 Å². The molecule has 3 rings (SSSR count). The van der Waals surface area contributed by atoms with E-state index in [2.05, 4.69) is 36.1 Å². The predicted octanol–water partition coefficient (Wildman–Crippen LogP) is 3.19. The fourth-order valence-electron chi connectivity index (χ4n) is 3.88. The lowest BCUT2D eigenvalue weighted by Crippen LogP contribution is -2.45. The van der Waals surface area contributed by atoms with Gasteiger partial charge in [-0.15, -0.1) is 0 Å². The second-order valence-corrected chi connectivity index (χ2v) is 6.88. The summed E-state index contributed by atoms with van der Waals surface area (Å²) in [6.45, 7) is 6.31.